The predicted molar refractivity (Wildman–Crippen MR) is 147 cm³/mol. The second-order valence-electron chi connectivity index (χ2n) is 10.5. The van der Waals surface area contributed by atoms with Crippen LogP contribution in [0.1, 0.15) is 168 Å². The largest absolute Gasteiger partial charge is 0.394 e. The molecule has 0 saturated heterocycles. The van der Waals surface area contributed by atoms with Gasteiger partial charge in [0.05, 0.1) is 18.8 Å². The minimum atomic E-state index is -0.648. The van der Waals surface area contributed by atoms with Gasteiger partial charge in [0.15, 0.2) is 0 Å². The summed E-state index contributed by atoms with van der Waals surface area (Å²) < 4.78 is 0. The van der Waals surface area contributed by atoms with Crippen LogP contribution in [0.5, 0.6) is 0 Å². The van der Waals surface area contributed by atoms with E-state index in [9.17, 15) is 15.0 Å². The molecule has 0 aliphatic heterocycles. The van der Waals surface area contributed by atoms with Crippen LogP contribution in [0.2, 0.25) is 0 Å². The lowest BCUT2D eigenvalue weighted by molar-refractivity contribution is -0.123. The van der Waals surface area contributed by atoms with Crippen LogP contribution >= 0.6 is 0 Å². The van der Waals surface area contributed by atoms with Crippen molar-refractivity contribution in [3.8, 4) is 0 Å². The van der Waals surface area contributed by atoms with Gasteiger partial charge in [-0.05, 0) is 12.8 Å². The first-order valence-corrected chi connectivity index (χ1v) is 15.2. The molecular formula is C30H61NO3. The van der Waals surface area contributed by atoms with Crippen molar-refractivity contribution in [1.82, 2.24) is 5.32 Å². The van der Waals surface area contributed by atoms with Gasteiger partial charge in [-0.3, -0.25) is 4.79 Å². The third-order valence-electron chi connectivity index (χ3n) is 7.12. The molecule has 0 unspecified atom stereocenters. The summed E-state index contributed by atoms with van der Waals surface area (Å²) in [5.74, 6) is -0.0343. The third-order valence-corrected chi connectivity index (χ3v) is 7.12. The van der Waals surface area contributed by atoms with Crippen molar-refractivity contribution in [3.05, 3.63) is 0 Å². The number of carbonyl (C=O) groups is 1. The minimum Gasteiger partial charge on any atom is -0.394 e. The Labute approximate surface area is 213 Å². The van der Waals surface area contributed by atoms with Crippen molar-refractivity contribution in [2.75, 3.05) is 6.61 Å². The maximum Gasteiger partial charge on any atom is 0.220 e. The van der Waals surface area contributed by atoms with Crippen LogP contribution in [0.4, 0.5) is 0 Å². The average molecular weight is 484 g/mol. The molecule has 0 aromatic carbocycles. The highest BCUT2D eigenvalue weighted by Crippen LogP contribution is 2.14. The van der Waals surface area contributed by atoms with Gasteiger partial charge in [-0.1, -0.05) is 149 Å². The number of unbranched alkanes of at least 4 members (excludes halogenated alkanes) is 20. The van der Waals surface area contributed by atoms with Crippen LogP contribution in [0.3, 0.4) is 0 Å². The lowest BCUT2D eigenvalue weighted by atomic mass is 10.0. The Hall–Kier alpha value is -0.610. The fourth-order valence-electron chi connectivity index (χ4n) is 4.71. The Morgan fingerprint density at radius 3 is 1.32 bits per heavy atom. The highest BCUT2D eigenvalue weighted by molar-refractivity contribution is 5.76. The van der Waals surface area contributed by atoms with Gasteiger partial charge in [0.2, 0.25) is 5.91 Å². The number of hydrogen-bond acceptors (Lipinski definition) is 3. The van der Waals surface area contributed by atoms with Gasteiger partial charge in [0, 0.05) is 6.42 Å². The molecule has 3 N–H and O–H groups in total. The van der Waals surface area contributed by atoms with Crippen LogP contribution in [0.25, 0.3) is 0 Å². The van der Waals surface area contributed by atoms with Crippen LogP contribution in [-0.2, 0) is 4.79 Å². The number of nitrogens with one attached hydrogen (secondary N) is 1. The van der Waals surface area contributed by atoms with Gasteiger partial charge in [0.25, 0.3) is 0 Å². The summed E-state index contributed by atoms with van der Waals surface area (Å²) in [6.07, 6.45) is 28.5. The Bertz CT molecular complexity index is 416. The molecule has 0 fully saturated rings. The van der Waals surface area contributed by atoms with Crippen LogP contribution in [-0.4, -0.2) is 34.9 Å². The summed E-state index contributed by atoms with van der Waals surface area (Å²) >= 11 is 0. The Morgan fingerprint density at radius 2 is 0.941 bits per heavy atom. The molecule has 0 spiro atoms. The van der Waals surface area contributed by atoms with E-state index in [1.807, 2.05) is 0 Å². The number of amides is 1. The van der Waals surface area contributed by atoms with E-state index in [0.717, 1.165) is 25.7 Å². The molecule has 0 aliphatic rings. The number of aliphatic hydroxyl groups excluding tert-OH is 2. The number of rotatable bonds is 27. The monoisotopic (exact) mass is 483 g/mol. The van der Waals surface area contributed by atoms with E-state index in [0.29, 0.717) is 12.8 Å². The van der Waals surface area contributed by atoms with Crippen LogP contribution in [0, 0.1) is 0 Å². The van der Waals surface area contributed by atoms with Gasteiger partial charge >= 0.3 is 0 Å². The molecule has 0 heterocycles. The summed E-state index contributed by atoms with van der Waals surface area (Å²) in [6.45, 7) is 4.32. The van der Waals surface area contributed by atoms with E-state index in [-0.39, 0.29) is 12.5 Å². The minimum absolute atomic E-state index is 0.0343. The molecule has 204 valence electrons. The van der Waals surface area contributed by atoms with Gasteiger partial charge in [0.1, 0.15) is 0 Å². The second-order valence-corrected chi connectivity index (χ2v) is 10.5. The molecule has 2 atom stereocenters. The Kier molecular flexibility index (Phi) is 26.5. The molecule has 0 bridgehead atoms. The summed E-state index contributed by atoms with van der Waals surface area (Å²) in [7, 11) is 0. The molecule has 0 rings (SSSR count). The average Bonchev–Trinajstić information content (AvgIpc) is 2.84. The van der Waals surface area contributed by atoms with Crippen molar-refractivity contribution in [1.29, 1.82) is 0 Å². The first-order valence-electron chi connectivity index (χ1n) is 15.2. The van der Waals surface area contributed by atoms with E-state index in [1.54, 1.807) is 0 Å². The van der Waals surface area contributed by atoms with Gasteiger partial charge in [-0.2, -0.15) is 0 Å². The van der Waals surface area contributed by atoms with E-state index in [4.69, 9.17) is 0 Å². The quantitative estimate of drug-likeness (QED) is 0.103. The van der Waals surface area contributed by atoms with Gasteiger partial charge in [-0.25, -0.2) is 0 Å². The smallest absolute Gasteiger partial charge is 0.220 e. The topological polar surface area (TPSA) is 69.6 Å². The zero-order valence-corrected chi connectivity index (χ0v) is 23.1. The summed E-state index contributed by atoms with van der Waals surface area (Å²) in [5, 5.41) is 22.8. The van der Waals surface area contributed by atoms with E-state index >= 15 is 0 Å². The molecular weight excluding hydrogens is 422 g/mol. The van der Waals surface area contributed by atoms with Gasteiger partial charge < -0.3 is 15.5 Å². The molecule has 0 aromatic heterocycles. The molecule has 0 aromatic rings. The normalized spacial score (nSPS) is 13.2. The summed E-state index contributed by atoms with van der Waals surface area (Å²) in [4.78, 5) is 12.2. The second kappa shape index (κ2) is 27.0. The van der Waals surface area contributed by atoms with Crippen molar-refractivity contribution >= 4 is 5.91 Å². The van der Waals surface area contributed by atoms with E-state index in [2.05, 4.69) is 19.2 Å². The number of hydrogen-bond donors (Lipinski definition) is 3. The van der Waals surface area contributed by atoms with Crippen molar-refractivity contribution in [2.45, 2.75) is 180 Å². The zero-order chi connectivity index (χ0) is 25.1. The maximum absolute atomic E-state index is 12.2. The standard InChI is InChI=1S/C30H61NO3/c1-3-5-7-9-11-13-15-17-19-21-23-25-29(33)28(27-32)31-30(34)26-24-22-20-18-16-14-12-10-8-6-4-2/h28-29,32-33H,3-27H2,1-2H3,(H,31,34)/t28-,29+/m0/s1. The van der Waals surface area contributed by atoms with Crippen molar-refractivity contribution < 1.29 is 15.0 Å². The Morgan fingerprint density at radius 1 is 0.588 bits per heavy atom. The molecule has 0 aliphatic carbocycles. The molecule has 0 saturated carbocycles. The summed E-state index contributed by atoms with van der Waals surface area (Å²) in [6, 6.07) is -0.525. The first kappa shape index (κ1) is 33.4. The fourth-order valence-corrected chi connectivity index (χ4v) is 4.71. The van der Waals surface area contributed by atoms with E-state index in [1.165, 1.54) is 116 Å². The van der Waals surface area contributed by atoms with Crippen molar-refractivity contribution in [2.24, 2.45) is 0 Å². The first-order chi connectivity index (χ1) is 16.7. The maximum atomic E-state index is 12.2. The predicted octanol–water partition coefficient (Wildman–Crippen LogP) is 8.23. The molecule has 34 heavy (non-hydrogen) atoms. The zero-order valence-electron chi connectivity index (χ0n) is 23.1. The molecule has 4 nitrogen and oxygen atoms in total. The molecule has 0 radical (unpaired) electrons. The van der Waals surface area contributed by atoms with E-state index < -0.39 is 12.1 Å². The molecule has 4 heteroatoms. The van der Waals surface area contributed by atoms with Gasteiger partial charge in [-0.15, -0.1) is 0 Å². The van der Waals surface area contributed by atoms with Crippen molar-refractivity contribution in [3.63, 3.8) is 0 Å². The highest BCUT2D eigenvalue weighted by Gasteiger charge is 2.19. The lowest BCUT2D eigenvalue weighted by Crippen LogP contribution is -2.45. The van der Waals surface area contributed by atoms with Crippen LogP contribution < -0.4 is 5.32 Å². The summed E-state index contributed by atoms with van der Waals surface area (Å²) in [5.41, 5.74) is 0. The number of carbonyl (C=O) groups excluding carboxylic acids is 1. The fraction of sp³-hybridized carbons (Fsp3) is 0.967. The number of aliphatic hydroxyl groups is 2. The molecule has 1 amide bonds. The SMILES string of the molecule is CCCCCCCCCCCCCC(=O)N[C@@H](CO)[C@H](O)CCCCCCCCCCCCC. The van der Waals surface area contributed by atoms with Crippen LogP contribution in [0.15, 0.2) is 0 Å². The lowest BCUT2D eigenvalue weighted by Gasteiger charge is -2.22. The third kappa shape index (κ3) is 23.1. The highest BCUT2D eigenvalue weighted by atomic mass is 16.3. The Balaban J connectivity index is 3.59.